The molecule has 2 aliphatic heterocycles. The number of ether oxygens (including phenoxy) is 1. The van der Waals surface area contributed by atoms with E-state index in [1.165, 1.54) is 12.1 Å². The Kier molecular flexibility index (Phi) is 5.30. The topological polar surface area (TPSA) is 115 Å². The first-order valence-corrected chi connectivity index (χ1v) is 12.1. The summed E-state index contributed by atoms with van der Waals surface area (Å²) in [5, 5.41) is 18.9. The number of hydrogen-bond donors (Lipinski definition) is 1. The van der Waals surface area contributed by atoms with Crippen LogP contribution in [0.25, 0.3) is 5.69 Å². The van der Waals surface area contributed by atoms with Crippen LogP contribution in [-0.2, 0) is 4.79 Å². The zero-order valence-corrected chi connectivity index (χ0v) is 21.3. The number of carbonyl (C=O) groups is 1. The van der Waals surface area contributed by atoms with Crippen molar-refractivity contribution < 1.29 is 14.5 Å². The molecule has 4 aromatic rings. The lowest BCUT2D eigenvalue weighted by atomic mass is 9.92. The minimum atomic E-state index is -0.492. The molecular weight excluding hydrogens is 540 g/mol. The van der Waals surface area contributed by atoms with E-state index in [-0.39, 0.29) is 17.4 Å². The standard InChI is InChI=1S/C26H19BrN6O4/c1-14-22-23(18-13-15(27)7-12-21(18)37-2)31-20-6-4-3-5-19(20)28-26(34)25(31)29-24(22)32(30-14)16-8-10-17(11-9-16)33(35)36/h3-13,23H,1-2H3,(H,28,34)/t23-/m0/s1. The number of aryl methyl sites for hydroxylation is 1. The average Bonchev–Trinajstić information content (AvgIpc) is 3.23. The molecule has 0 radical (unpaired) electrons. The molecule has 2 aliphatic rings. The second-order valence-electron chi connectivity index (χ2n) is 8.57. The van der Waals surface area contributed by atoms with Gasteiger partial charge in [0.2, 0.25) is 5.84 Å². The maximum Gasteiger partial charge on any atom is 0.291 e. The molecule has 0 bridgehead atoms. The number of aromatic nitrogens is 2. The van der Waals surface area contributed by atoms with Gasteiger partial charge >= 0.3 is 0 Å². The number of methoxy groups -OCH3 is 1. The number of benzene rings is 3. The molecule has 0 aliphatic carbocycles. The fraction of sp³-hybridized carbons (Fsp3) is 0.115. The molecule has 1 amide bonds. The molecule has 1 aromatic heterocycles. The Morgan fingerprint density at radius 2 is 1.86 bits per heavy atom. The minimum Gasteiger partial charge on any atom is -0.496 e. The Morgan fingerprint density at radius 1 is 1.11 bits per heavy atom. The number of non-ortho nitro benzene ring substituents is 1. The van der Waals surface area contributed by atoms with E-state index in [1.807, 2.05) is 54.3 Å². The van der Waals surface area contributed by atoms with Gasteiger partial charge in [0.25, 0.3) is 11.6 Å². The van der Waals surface area contributed by atoms with Gasteiger partial charge in [-0.05, 0) is 49.4 Å². The van der Waals surface area contributed by atoms with E-state index in [2.05, 4.69) is 21.2 Å². The van der Waals surface area contributed by atoms with Crippen LogP contribution in [-0.4, -0.2) is 33.6 Å². The van der Waals surface area contributed by atoms with Crippen molar-refractivity contribution in [3.8, 4) is 11.4 Å². The summed E-state index contributed by atoms with van der Waals surface area (Å²) in [5.41, 5.74) is 4.34. The second kappa shape index (κ2) is 8.56. The van der Waals surface area contributed by atoms with E-state index in [1.54, 1.807) is 23.9 Å². The van der Waals surface area contributed by atoms with E-state index < -0.39 is 11.0 Å². The first-order valence-electron chi connectivity index (χ1n) is 11.3. The molecule has 0 saturated carbocycles. The third-order valence-electron chi connectivity index (χ3n) is 6.46. The zero-order valence-electron chi connectivity index (χ0n) is 19.7. The van der Waals surface area contributed by atoms with Crippen LogP contribution in [0.1, 0.15) is 22.9 Å². The maximum absolute atomic E-state index is 13.3. The molecule has 6 rings (SSSR count). The number of nitro groups is 1. The molecule has 1 atom stereocenters. The van der Waals surface area contributed by atoms with Crippen LogP contribution in [0.3, 0.4) is 0 Å². The summed E-state index contributed by atoms with van der Waals surface area (Å²) < 4.78 is 8.22. The van der Waals surface area contributed by atoms with Gasteiger partial charge in [0.05, 0.1) is 40.8 Å². The van der Waals surface area contributed by atoms with Crippen LogP contribution < -0.4 is 15.0 Å². The quantitative estimate of drug-likeness (QED) is 0.263. The van der Waals surface area contributed by atoms with Gasteiger partial charge in [-0.25, -0.2) is 9.67 Å². The van der Waals surface area contributed by atoms with Gasteiger partial charge in [-0.3, -0.25) is 14.9 Å². The van der Waals surface area contributed by atoms with Gasteiger partial charge in [0, 0.05) is 27.7 Å². The van der Waals surface area contributed by atoms with Crippen LogP contribution in [0.15, 0.2) is 76.2 Å². The third-order valence-corrected chi connectivity index (χ3v) is 6.95. The molecule has 10 nitrogen and oxygen atoms in total. The van der Waals surface area contributed by atoms with Crippen LogP contribution in [0, 0.1) is 17.0 Å². The normalized spacial score (nSPS) is 15.8. The SMILES string of the molecule is COc1ccc(Br)cc1[C@H]1c2c(C)nn(-c3ccc([N+](=O)[O-])cc3)c2N=C2C(=O)Nc3ccccc3N21. The Labute approximate surface area is 219 Å². The van der Waals surface area contributed by atoms with Crippen molar-refractivity contribution in [2.45, 2.75) is 13.0 Å². The van der Waals surface area contributed by atoms with Gasteiger partial charge in [-0.2, -0.15) is 5.10 Å². The Morgan fingerprint density at radius 3 is 2.59 bits per heavy atom. The Hall–Kier alpha value is -4.51. The molecule has 37 heavy (non-hydrogen) atoms. The predicted molar refractivity (Wildman–Crippen MR) is 142 cm³/mol. The van der Waals surface area contributed by atoms with Crippen LogP contribution in [0.5, 0.6) is 5.75 Å². The van der Waals surface area contributed by atoms with Crippen molar-refractivity contribution in [2.75, 3.05) is 17.3 Å². The summed E-state index contributed by atoms with van der Waals surface area (Å²) in [5.74, 6) is 0.976. The molecular formula is C26H19BrN6O4. The average molecular weight is 559 g/mol. The van der Waals surface area contributed by atoms with Gasteiger partial charge in [0.1, 0.15) is 5.75 Å². The molecule has 3 heterocycles. The van der Waals surface area contributed by atoms with Gasteiger partial charge < -0.3 is 15.0 Å². The highest BCUT2D eigenvalue weighted by molar-refractivity contribution is 9.10. The Balaban J connectivity index is 1.64. The zero-order chi connectivity index (χ0) is 25.8. The number of amidine groups is 1. The fourth-order valence-corrected chi connectivity index (χ4v) is 5.23. The lowest BCUT2D eigenvalue weighted by molar-refractivity contribution is -0.384. The van der Waals surface area contributed by atoms with Crippen LogP contribution in [0.4, 0.5) is 22.9 Å². The lowest BCUT2D eigenvalue weighted by Crippen LogP contribution is -2.48. The maximum atomic E-state index is 13.3. The molecule has 0 saturated heterocycles. The van der Waals surface area contributed by atoms with Gasteiger partial charge in [0.15, 0.2) is 5.82 Å². The van der Waals surface area contributed by atoms with Gasteiger partial charge in [-0.15, -0.1) is 0 Å². The minimum absolute atomic E-state index is 0.0287. The van der Waals surface area contributed by atoms with E-state index in [4.69, 9.17) is 14.8 Å². The number of rotatable bonds is 4. The van der Waals surface area contributed by atoms with Gasteiger partial charge in [-0.1, -0.05) is 28.1 Å². The van der Waals surface area contributed by atoms with Crippen molar-refractivity contribution in [3.05, 3.63) is 98.1 Å². The molecule has 1 N–H and O–H groups in total. The van der Waals surface area contributed by atoms with Crippen molar-refractivity contribution in [1.82, 2.24) is 9.78 Å². The number of halogens is 1. The summed E-state index contributed by atoms with van der Waals surface area (Å²) in [6, 6.07) is 18.9. The van der Waals surface area contributed by atoms with E-state index in [9.17, 15) is 14.9 Å². The summed E-state index contributed by atoms with van der Waals surface area (Å²) in [7, 11) is 1.61. The Bertz CT molecular complexity index is 1630. The van der Waals surface area contributed by atoms with Crippen LogP contribution in [0.2, 0.25) is 0 Å². The predicted octanol–water partition coefficient (Wildman–Crippen LogP) is 5.45. The monoisotopic (exact) mass is 558 g/mol. The fourth-order valence-electron chi connectivity index (χ4n) is 4.85. The van der Waals surface area contributed by atoms with Crippen LogP contribution >= 0.6 is 15.9 Å². The van der Waals surface area contributed by atoms with E-state index >= 15 is 0 Å². The van der Waals surface area contributed by atoms with Crippen molar-refractivity contribution in [3.63, 3.8) is 0 Å². The molecule has 0 spiro atoms. The first-order chi connectivity index (χ1) is 17.9. The summed E-state index contributed by atoms with van der Waals surface area (Å²) >= 11 is 3.58. The van der Waals surface area contributed by atoms with Crippen molar-refractivity contribution in [2.24, 2.45) is 4.99 Å². The van der Waals surface area contributed by atoms with E-state index in [0.29, 0.717) is 28.6 Å². The van der Waals surface area contributed by atoms with E-state index in [0.717, 1.165) is 21.3 Å². The number of anilines is 2. The summed E-state index contributed by atoms with van der Waals surface area (Å²) in [4.78, 5) is 30.8. The number of carbonyl (C=O) groups excluding carboxylic acids is 1. The number of fused-ring (bicyclic) bond motifs is 4. The smallest absolute Gasteiger partial charge is 0.291 e. The molecule has 11 heteroatoms. The number of para-hydroxylation sites is 2. The first kappa shape index (κ1) is 22.9. The molecule has 3 aromatic carbocycles. The number of aliphatic imine (C=N–C) groups is 1. The number of nitrogens with one attached hydrogen (secondary N) is 1. The lowest BCUT2D eigenvalue weighted by Gasteiger charge is -2.40. The number of amides is 1. The van der Waals surface area contributed by atoms with Crippen molar-refractivity contribution in [1.29, 1.82) is 0 Å². The largest absolute Gasteiger partial charge is 0.496 e. The highest BCUT2D eigenvalue weighted by atomic mass is 79.9. The highest BCUT2D eigenvalue weighted by Gasteiger charge is 2.43. The second-order valence-corrected chi connectivity index (χ2v) is 9.49. The molecule has 0 fully saturated rings. The molecule has 184 valence electrons. The number of hydrogen-bond acceptors (Lipinski definition) is 7. The molecule has 0 unspecified atom stereocenters. The number of nitrogens with zero attached hydrogens (tertiary/aromatic N) is 5. The van der Waals surface area contributed by atoms with Crippen molar-refractivity contribution >= 4 is 50.6 Å². The third kappa shape index (κ3) is 3.58. The number of nitro benzene ring substituents is 1. The summed E-state index contributed by atoms with van der Waals surface area (Å²) in [6.45, 7) is 1.88. The highest BCUT2D eigenvalue weighted by Crippen LogP contribution is 2.49. The summed E-state index contributed by atoms with van der Waals surface area (Å²) in [6.07, 6.45) is 0.